The number of rotatable bonds is 3. The minimum absolute atomic E-state index is 0.338. The molecular formula is C11H17N3O. The van der Waals surface area contributed by atoms with Crippen LogP contribution >= 0.6 is 0 Å². The van der Waals surface area contributed by atoms with Gasteiger partial charge in [0, 0.05) is 25.8 Å². The molecule has 1 aromatic heterocycles. The largest absolute Gasteiger partial charge is 0.388 e. The molecule has 82 valence electrons. The fourth-order valence-electron chi connectivity index (χ4n) is 1.82. The van der Waals surface area contributed by atoms with Gasteiger partial charge in [0.2, 0.25) is 0 Å². The number of aromatic nitrogens is 2. The normalized spacial score (nSPS) is 21.5. The predicted molar refractivity (Wildman–Crippen MR) is 58.6 cm³/mol. The highest BCUT2D eigenvalue weighted by molar-refractivity contribution is 5.20. The van der Waals surface area contributed by atoms with E-state index >= 15 is 0 Å². The molecule has 1 aliphatic rings. The molecule has 0 saturated heterocycles. The molecule has 0 aromatic carbocycles. The van der Waals surface area contributed by atoms with Gasteiger partial charge in [0.15, 0.2) is 0 Å². The molecular weight excluding hydrogens is 190 g/mol. The Kier molecular flexibility index (Phi) is 3.18. The molecule has 2 heterocycles. The molecule has 1 aliphatic heterocycles. The lowest BCUT2D eigenvalue weighted by Crippen LogP contribution is -2.32. The molecule has 2 rings (SSSR count). The van der Waals surface area contributed by atoms with E-state index in [0.717, 1.165) is 19.5 Å². The summed E-state index contributed by atoms with van der Waals surface area (Å²) in [6.45, 7) is 4.51. The van der Waals surface area contributed by atoms with Gasteiger partial charge in [-0.2, -0.15) is 5.10 Å². The first-order valence-electron chi connectivity index (χ1n) is 5.37. The zero-order chi connectivity index (χ0) is 10.7. The third-order valence-corrected chi connectivity index (χ3v) is 2.58. The van der Waals surface area contributed by atoms with Gasteiger partial charge in [0.25, 0.3) is 0 Å². The van der Waals surface area contributed by atoms with Crippen LogP contribution in [0, 0.1) is 0 Å². The fourth-order valence-corrected chi connectivity index (χ4v) is 1.82. The maximum atomic E-state index is 9.45. The highest BCUT2D eigenvalue weighted by Gasteiger charge is 2.10. The van der Waals surface area contributed by atoms with E-state index < -0.39 is 0 Å². The first-order valence-corrected chi connectivity index (χ1v) is 5.37. The van der Waals surface area contributed by atoms with Crippen LogP contribution < -0.4 is 5.32 Å². The molecule has 1 atom stereocenters. The molecule has 2 N–H and O–H groups in total. The van der Waals surface area contributed by atoms with Crippen LogP contribution in [-0.2, 0) is 13.0 Å². The summed E-state index contributed by atoms with van der Waals surface area (Å²) in [5, 5.41) is 16.9. The molecule has 0 saturated carbocycles. The van der Waals surface area contributed by atoms with Crippen molar-refractivity contribution in [3.8, 4) is 0 Å². The minimum Gasteiger partial charge on any atom is -0.388 e. The molecule has 0 spiro atoms. The Balaban J connectivity index is 2.01. The highest BCUT2D eigenvalue weighted by Crippen LogP contribution is 2.10. The van der Waals surface area contributed by atoms with Crippen LogP contribution in [0.3, 0.4) is 0 Å². The number of nitrogens with zero attached hydrogens (tertiary/aromatic N) is 2. The van der Waals surface area contributed by atoms with Crippen LogP contribution in [0.25, 0.3) is 0 Å². The van der Waals surface area contributed by atoms with Crippen molar-refractivity contribution in [1.82, 2.24) is 15.1 Å². The van der Waals surface area contributed by atoms with Gasteiger partial charge in [-0.1, -0.05) is 11.6 Å². The molecule has 4 nitrogen and oxygen atoms in total. The van der Waals surface area contributed by atoms with E-state index in [9.17, 15) is 5.11 Å². The number of hydrogen-bond donors (Lipinski definition) is 2. The Labute approximate surface area is 89.6 Å². The monoisotopic (exact) mass is 207 g/mol. The Morgan fingerprint density at radius 1 is 1.67 bits per heavy atom. The van der Waals surface area contributed by atoms with Crippen molar-refractivity contribution in [2.75, 3.05) is 13.1 Å². The molecule has 0 radical (unpaired) electrons. The Bertz CT molecular complexity index is 356. The van der Waals surface area contributed by atoms with Crippen molar-refractivity contribution in [1.29, 1.82) is 0 Å². The lowest BCUT2D eigenvalue weighted by molar-refractivity contribution is 0.213. The van der Waals surface area contributed by atoms with Crippen LogP contribution in [0.4, 0.5) is 0 Å². The van der Waals surface area contributed by atoms with Gasteiger partial charge in [-0.25, -0.2) is 0 Å². The first kappa shape index (κ1) is 10.4. The number of aliphatic hydroxyl groups excluding tert-OH is 1. The highest BCUT2D eigenvalue weighted by atomic mass is 16.3. The first-order chi connectivity index (χ1) is 7.28. The van der Waals surface area contributed by atoms with Crippen molar-refractivity contribution < 1.29 is 5.11 Å². The maximum absolute atomic E-state index is 9.45. The van der Waals surface area contributed by atoms with E-state index in [4.69, 9.17) is 0 Å². The third-order valence-electron chi connectivity index (χ3n) is 2.58. The smallest absolute Gasteiger partial charge is 0.0848 e. The summed E-state index contributed by atoms with van der Waals surface area (Å²) < 4.78 is 1.92. The van der Waals surface area contributed by atoms with Gasteiger partial charge in [-0.3, -0.25) is 4.68 Å². The molecule has 0 bridgehead atoms. The van der Waals surface area contributed by atoms with Gasteiger partial charge in [0.1, 0.15) is 0 Å². The SMILES string of the molecule is CCn1cc(CC2=CC(O)CNC2)cn1. The van der Waals surface area contributed by atoms with Crippen LogP contribution in [0.2, 0.25) is 0 Å². The van der Waals surface area contributed by atoms with Crippen LogP contribution in [0.1, 0.15) is 12.5 Å². The molecule has 1 unspecified atom stereocenters. The molecule has 4 heteroatoms. The van der Waals surface area contributed by atoms with Gasteiger partial charge in [-0.05, 0) is 18.9 Å². The van der Waals surface area contributed by atoms with E-state index in [2.05, 4.69) is 23.5 Å². The van der Waals surface area contributed by atoms with Gasteiger partial charge in [-0.15, -0.1) is 0 Å². The summed E-state index contributed by atoms with van der Waals surface area (Å²) in [6, 6.07) is 0. The number of nitrogens with one attached hydrogen (secondary N) is 1. The second-order valence-electron chi connectivity index (χ2n) is 3.90. The third kappa shape index (κ3) is 2.67. The minimum atomic E-state index is -0.338. The molecule has 0 amide bonds. The number of aliphatic hydroxyl groups is 1. The van der Waals surface area contributed by atoms with E-state index in [-0.39, 0.29) is 6.10 Å². The lowest BCUT2D eigenvalue weighted by Gasteiger charge is -2.17. The van der Waals surface area contributed by atoms with Gasteiger partial charge >= 0.3 is 0 Å². The Morgan fingerprint density at radius 3 is 3.20 bits per heavy atom. The van der Waals surface area contributed by atoms with Crippen molar-refractivity contribution in [3.05, 3.63) is 29.6 Å². The molecule has 0 aliphatic carbocycles. The van der Waals surface area contributed by atoms with Crippen LogP contribution in [-0.4, -0.2) is 34.1 Å². The zero-order valence-electron chi connectivity index (χ0n) is 8.98. The topological polar surface area (TPSA) is 50.1 Å². The predicted octanol–water partition coefficient (Wildman–Crippen LogP) is 0.336. The second-order valence-corrected chi connectivity index (χ2v) is 3.90. The molecule has 1 aromatic rings. The summed E-state index contributed by atoms with van der Waals surface area (Å²) in [7, 11) is 0. The summed E-state index contributed by atoms with van der Waals surface area (Å²) in [5.74, 6) is 0. The average Bonchev–Trinajstić information content (AvgIpc) is 2.65. The van der Waals surface area contributed by atoms with E-state index in [1.165, 1.54) is 11.1 Å². The lowest BCUT2D eigenvalue weighted by atomic mass is 10.0. The van der Waals surface area contributed by atoms with Gasteiger partial charge in [0.05, 0.1) is 12.3 Å². The number of hydrogen-bond acceptors (Lipinski definition) is 3. The Morgan fingerprint density at radius 2 is 2.53 bits per heavy atom. The van der Waals surface area contributed by atoms with Crippen LogP contribution in [0.15, 0.2) is 24.0 Å². The number of aryl methyl sites for hydroxylation is 1. The quantitative estimate of drug-likeness (QED) is 0.703. The Hall–Kier alpha value is -1.13. The summed E-state index contributed by atoms with van der Waals surface area (Å²) in [4.78, 5) is 0. The standard InChI is InChI=1S/C11H17N3O/c1-2-14-8-10(6-13-14)3-9-4-11(15)7-12-5-9/h4,6,8,11-12,15H,2-3,5,7H2,1H3. The number of β-amino-alcohol motifs (C(OH)–C–C–N with tert-alkyl or cyclic N) is 1. The maximum Gasteiger partial charge on any atom is 0.0848 e. The fraction of sp³-hybridized carbons (Fsp3) is 0.545. The molecule has 0 fully saturated rings. The van der Waals surface area contributed by atoms with Crippen molar-refractivity contribution in [2.45, 2.75) is 26.0 Å². The summed E-state index contributed by atoms with van der Waals surface area (Å²) in [5.41, 5.74) is 2.45. The zero-order valence-corrected chi connectivity index (χ0v) is 8.98. The van der Waals surface area contributed by atoms with Gasteiger partial charge < -0.3 is 10.4 Å². The van der Waals surface area contributed by atoms with Crippen molar-refractivity contribution in [2.24, 2.45) is 0 Å². The van der Waals surface area contributed by atoms with E-state index in [1.54, 1.807) is 0 Å². The average molecular weight is 207 g/mol. The van der Waals surface area contributed by atoms with E-state index in [1.807, 2.05) is 17.0 Å². The van der Waals surface area contributed by atoms with E-state index in [0.29, 0.717) is 6.54 Å². The second kappa shape index (κ2) is 4.59. The van der Waals surface area contributed by atoms with Crippen molar-refractivity contribution >= 4 is 0 Å². The summed E-state index contributed by atoms with van der Waals surface area (Å²) in [6.07, 6.45) is 6.44. The van der Waals surface area contributed by atoms with Crippen molar-refractivity contribution in [3.63, 3.8) is 0 Å². The summed E-state index contributed by atoms with van der Waals surface area (Å²) >= 11 is 0. The molecule has 15 heavy (non-hydrogen) atoms. The van der Waals surface area contributed by atoms with Crippen LogP contribution in [0.5, 0.6) is 0 Å².